The van der Waals surface area contributed by atoms with Crippen molar-refractivity contribution in [3.05, 3.63) is 0 Å². The van der Waals surface area contributed by atoms with Gasteiger partial charge in [-0.25, -0.2) is 0 Å². The Morgan fingerprint density at radius 1 is 1.62 bits per heavy atom. The van der Waals surface area contributed by atoms with Gasteiger partial charge in [0, 0.05) is 0 Å². The summed E-state index contributed by atoms with van der Waals surface area (Å²) in [4.78, 5) is 0. The molecule has 0 rings (SSSR count). The van der Waals surface area contributed by atoms with Gasteiger partial charge in [-0.15, -0.1) is 11.8 Å². The van der Waals surface area contributed by atoms with Crippen LogP contribution in [-0.2, 0) is 9.84 Å². The highest BCUT2D eigenvalue weighted by Gasteiger charge is 2.09. The summed E-state index contributed by atoms with van der Waals surface area (Å²) in [6.07, 6.45) is 1.40. The van der Waals surface area contributed by atoms with E-state index in [1.54, 1.807) is 0 Å². The molecular weight excluding hydrogens is 138 g/mol. The molecule has 0 fully saturated rings. The van der Waals surface area contributed by atoms with Gasteiger partial charge in [0.25, 0.3) is 0 Å². The van der Waals surface area contributed by atoms with Crippen molar-refractivity contribution in [2.75, 3.05) is 6.26 Å². The number of ether oxygens (including phenoxy) is 1. The standard InChI is InChI=1S/C3H5F2O2S/c1-8-3(6)7-2(4)5/h2-3H,1H3. The van der Waals surface area contributed by atoms with Gasteiger partial charge in [-0.1, -0.05) is 0 Å². The largest absolute Gasteiger partial charge is 0.348 e. The van der Waals surface area contributed by atoms with Crippen LogP contribution >= 0.6 is 11.8 Å². The Kier molecular flexibility index (Phi) is 4.12. The predicted octanol–water partition coefficient (Wildman–Crippen LogP) is 1.30. The summed E-state index contributed by atoms with van der Waals surface area (Å²) in [5, 5.41) is 9.97. The Morgan fingerprint density at radius 2 is 2.12 bits per heavy atom. The number of hydrogen-bond acceptors (Lipinski definition) is 2. The van der Waals surface area contributed by atoms with Gasteiger partial charge in [-0.3, -0.25) is 4.74 Å². The number of thioether (sulfide) groups is 1. The van der Waals surface area contributed by atoms with Crippen molar-refractivity contribution in [2.24, 2.45) is 0 Å². The molecule has 0 aliphatic carbocycles. The smallest absolute Gasteiger partial charge is 0.280 e. The van der Waals surface area contributed by atoms with Crippen LogP contribution in [0.1, 0.15) is 0 Å². The van der Waals surface area contributed by atoms with Crippen LogP contribution in [0.15, 0.2) is 0 Å². The van der Waals surface area contributed by atoms with E-state index in [4.69, 9.17) is 0 Å². The van der Waals surface area contributed by atoms with Gasteiger partial charge in [0.2, 0.25) is 5.62 Å². The quantitative estimate of drug-likeness (QED) is 0.557. The molecule has 0 aromatic rings. The summed E-state index contributed by atoms with van der Waals surface area (Å²) < 4.78 is 25.5. The zero-order chi connectivity index (χ0) is 6.57. The molecule has 0 heterocycles. The molecule has 1 radical (unpaired) electrons. The molecule has 0 aromatic carbocycles. The fraction of sp³-hybridized carbons (Fsp3) is 1.00. The average molecular weight is 143 g/mol. The van der Waals surface area contributed by atoms with E-state index < -0.39 is 12.2 Å². The molecular formula is C3H5F2O2S. The Labute approximate surface area is 49.8 Å². The van der Waals surface area contributed by atoms with Crippen molar-refractivity contribution < 1.29 is 18.6 Å². The zero-order valence-corrected chi connectivity index (χ0v) is 4.95. The Morgan fingerprint density at radius 3 is 2.25 bits per heavy atom. The second kappa shape index (κ2) is 4.05. The summed E-state index contributed by atoms with van der Waals surface area (Å²) >= 11 is 0.695. The fourth-order valence-electron chi connectivity index (χ4n) is 0.140. The van der Waals surface area contributed by atoms with Crippen molar-refractivity contribution in [2.45, 2.75) is 12.2 Å². The molecule has 0 saturated carbocycles. The highest BCUT2D eigenvalue weighted by Crippen LogP contribution is 2.08. The molecule has 0 spiro atoms. The number of halogens is 2. The van der Waals surface area contributed by atoms with Gasteiger partial charge in [-0.2, -0.15) is 13.9 Å². The van der Waals surface area contributed by atoms with Crippen LogP contribution in [0.5, 0.6) is 0 Å². The van der Waals surface area contributed by atoms with Gasteiger partial charge in [0.1, 0.15) is 0 Å². The van der Waals surface area contributed by atoms with E-state index in [9.17, 15) is 13.9 Å². The van der Waals surface area contributed by atoms with Crippen LogP contribution in [-0.4, -0.2) is 18.5 Å². The topological polar surface area (TPSA) is 29.1 Å². The van der Waals surface area contributed by atoms with E-state index in [-0.39, 0.29) is 0 Å². The summed E-state index contributed by atoms with van der Waals surface area (Å²) in [5.41, 5.74) is -1.66. The maximum absolute atomic E-state index is 11.0. The number of hydrogen-bond donors (Lipinski definition) is 0. The molecule has 0 aliphatic rings. The van der Waals surface area contributed by atoms with Crippen molar-refractivity contribution in [3.63, 3.8) is 0 Å². The first-order valence-corrected chi connectivity index (χ1v) is 3.08. The van der Waals surface area contributed by atoms with Gasteiger partial charge in [-0.05, 0) is 6.26 Å². The molecule has 0 N–H and O–H groups in total. The Hall–Kier alpha value is 0.130. The van der Waals surface area contributed by atoms with Crippen LogP contribution in [0.2, 0.25) is 0 Å². The average Bonchev–Trinajstić information content (AvgIpc) is 1.65. The third kappa shape index (κ3) is 4.29. The lowest BCUT2D eigenvalue weighted by molar-refractivity contribution is -0.208. The van der Waals surface area contributed by atoms with Crippen LogP contribution < -0.4 is 0 Å². The molecule has 0 amide bonds. The summed E-state index contributed by atoms with van der Waals surface area (Å²) in [5.74, 6) is 0. The predicted molar refractivity (Wildman–Crippen MR) is 25.1 cm³/mol. The first-order chi connectivity index (χ1) is 3.66. The van der Waals surface area contributed by atoms with Crippen LogP contribution in [0.4, 0.5) is 8.78 Å². The normalized spacial score (nSPS) is 14.6. The fourth-order valence-corrected chi connectivity index (χ4v) is 0.335. The maximum atomic E-state index is 11.0. The van der Waals surface area contributed by atoms with E-state index >= 15 is 0 Å². The Balaban J connectivity index is 3.10. The molecule has 2 nitrogen and oxygen atoms in total. The van der Waals surface area contributed by atoms with Gasteiger partial charge < -0.3 is 0 Å². The third-order valence-corrected chi connectivity index (χ3v) is 0.902. The second-order valence-corrected chi connectivity index (χ2v) is 1.78. The highest BCUT2D eigenvalue weighted by atomic mass is 32.2. The second-order valence-electron chi connectivity index (χ2n) is 0.921. The monoisotopic (exact) mass is 143 g/mol. The molecule has 0 aliphatic heterocycles. The minimum atomic E-state index is -2.95. The highest BCUT2D eigenvalue weighted by molar-refractivity contribution is 7.98. The summed E-state index contributed by atoms with van der Waals surface area (Å²) in [6, 6.07) is 0. The number of alkyl halides is 2. The van der Waals surface area contributed by atoms with E-state index in [1.165, 1.54) is 6.26 Å². The molecule has 49 valence electrons. The maximum Gasteiger partial charge on any atom is 0.348 e. The molecule has 0 bridgehead atoms. The van der Waals surface area contributed by atoms with E-state index in [0.29, 0.717) is 11.8 Å². The minimum absolute atomic E-state index is 0.695. The summed E-state index contributed by atoms with van der Waals surface area (Å²) in [6.45, 7) is -2.95. The lowest BCUT2D eigenvalue weighted by Gasteiger charge is -2.03. The first-order valence-electron chi connectivity index (χ1n) is 1.79. The summed E-state index contributed by atoms with van der Waals surface area (Å²) in [7, 11) is 0. The molecule has 1 atom stereocenters. The SMILES string of the molecule is CSC([O])OC(F)F. The molecule has 5 heteroatoms. The van der Waals surface area contributed by atoms with Gasteiger partial charge in [0.15, 0.2) is 0 Å². The lowest BCUT2D eigenvalue weighted by Crippen LogP contribution is -2.08. The van der Waals surface area contributed by atoms with Gasteiger partial charge >= 0.3 is 6.61 Å². The molecule has 8 heavy (non-hydrogen) atoms. The third-order valence-electron chi connectivity index (χ3n) is 0.406. The van der Waals surface area contributed by atoms with Crippen molar-refractivity contribution in [1.29, 1.82) is 0 Å². The van der Waals surface area contributed by atoms with Crippen molar-refractivity contribution in [1.82, 2.24) is 0 Å². The van der Waals surface area contributed by atoms with Crippen molar-refractivity contribution >= 4 is 11.8 Å². The van der Waals surface area contributed by atoms with Crippen LogP contribution in [0.25, 0.3) is 0 Å². The Bertz CT molecular complexity index is 61.2. The molecule has 0 aromatic heterocycles. The number of rotatable bonds is 3. The van der Waals surface area contributed by atoms with Crippen LogP contribution in [0, 0.1) is 0 Å². The van der Waals surface area contributed by atoms with E-state index in [1.807, 2.05) is 0 Å². The first kappa shape index (κ1) is 8.13. The minimum Gasteiger partial charge on any atom is -0.280 e. The van der Waals surface area contributed by atoms with Crippen LogP contribution in [0.3, 0.4) is 0 Å². The molecule has 0 saturated heterocycles. The van der Waals surface area contributed by atoms with Gasteiger partial charge in [0.05, 0.1) is 0 Å². The zero-order valence-electron chi connectivity index (χ0n) is 4.14. The molecule has 1 unspecified atom stereocenters. The lowest BCUT2D eigenvalue weighted by atomic mass is 11.3. The van der Waals surface area contributed by atoms with Crippen molar-refractivity contribution in [3.8, 4) is 0 Å². The van der Waals surface area contributed by atoms with E-state index in [2.05, 4.69) is 4.74 Å². The van der Waals surface area contributed by atoms with E-state index in [0.717, 1.165) is 0 Å².